The molecule has 0 aliphatic carbocycles. The summed E-state index contributed by atoms with van der Waals surface area (Å²) in [6.07, 6.45) is 2.02. The Labute approximate surface area is 103 Å². The molecular weight excluding hydrogens is 216 g/mol. The van der Waals surface area contributed by atoms with Gasteiger partial charge in [-0.2, -0.15) is 0 Å². The SMILES string of the molecule is CC(C)(C)N.Cc1cn(S)c2ccccc12. The molecule has 1 aromatic heterocycles. The summed E-state index contributed by atoms with van der Waals surface area (Å²) in [5.74, 6) is 0. The van der Waals surface area contributed by atoms with Crippen LogP contribution in [0.4, 0.5) is 0 Å². The van der Waals surface area contributed by atoms with Crippen LogP contribution in [0.1, 0.15) is 26.3 Å². The van der Waals surface area contributed by atoms with Crippen molar-refractivity contribution in [1.29, 1.82) is 0 Å². The summed E-state index contributed by atoms with van der Waals surface area (Å²) in [5, 5.41) is 1.28. The van der Waals surface area contributed by atoms with Gasteiger partial charge in [0.25, 0.3) is 0 Å². The number of aromatic nitrogens is 1. The van der Waals surface area contributed by atoms with Crippen LogP contribution in [0.5, 0.6) is 0 Å². The molecule has 16 heavy (non-hydrogen) atoms. The Morgan fingerprint density at radius 1 is 1.19 bits per heavy atom. The van der Waals surface area contributed by atoms with Gasteiger partial charge in [-0.3, -0.25) is 3.97 Å². The van der Waals surface area contributed by atoms with Crippen molar-refractivity contribution in [3.05, 3.63) is 36.0 Å². The largest absolute Gasteiger partial charge is 0.326 e. The van der Waals surface area contributed by atoms with Gasteiger partial charge in [0.15, 0.2) is 0 Å². The topological polar surface area (TPSA) is 30.9 Å². The molecule has 1 heterocycles. The number of hydrogen-bond acceptors (Lipinski definition) is 2. The molecule has 3 heteroatoms. The fraction of sp³-hybridized carbons (Fsp3) is 0.385. The molecule has 0 spiro atoms. The second-order valence-electron chi connectivity index (χ2n) is 5.04. The molecule has 0 atom stereocenters. The van der Waals surface area contributed by atoms with Gasteiger partial charge in [0.1, 0.15) is 0 Å². The number of aryl methyl sites for hydroxylation is 1. The van der Waals surface area contributed by atoms with Crippen molar-refractivity contribution in [2.75, 3.05) is 0 Å². The molecule has 2 rings (SSSR count). The highest BCUT2D eigenvalue weighted by Crippen LogP contribution is 2.20. The summed E-state index contributed by atoms with van der Waals surface area (Å²) >= 11 is 4.29. The van der Waals surface area contributed by atoms with E-state index in [0.29, 0.717) is 0 Å². The Morgan fingerprint density at radius 3 is 2.19 bits per heavy atom. The van der Waals surface area contributed by atoms with Crippen LogP contribution in [0.15, 0.2) is 30.5 Å². The Balaban J connectivity index is 0.000000221. The van der Waals surface area contributed by atoms with Crippen molar-refractivity contribution in [1.82, 2.24) is 3.97 Å². The molecule has 0 radical (unpaired) electrons. The van der Waals surface area contributed by atoms with Crippen LogP contribution in [-0.2, 0) is 0 Å². The lowest BCUT2D eigenvalue weighted by Crippen LogP contribution is -2.26. The Hall–Kier alpha value is -0.930. The van der Waals surface area contributed by atoms with Gasteiger partial charge in [0, 0.05) is 17.1 Å². The maximum Gasteiger partial charge on any atom is 0.0591 e. The zero-order chi connectivity index (χ0) is 12.3. The third-order valence-corrected chi connectivity index (χ3v) is 2.22. The maximum absolute atomic E-state index is 5.35. The van der Waals surface area contributed by atoms with Crippen molar-refractivity contribution in [3.63, 3.8) is 0 Å². The zero-order valence-electron chi connectivity index (χ0n) is 10.4. The molecule has 1 aromatic carbocycles. The normalized spacial score (nSPS) is 11.1. The first-order valence-electron chi connectivity index (χ1n) is 5.34. The number of rotatable bonds is 0. The highest BCUT2D eigenvalue weighted by Gasteiger charge is 1.99. The van der Waals surface area contributed by atoms with E-state index in [1.807, 2.05) is 43.1 Å². The fourth-order valence-corrected chi connectivity index (χ4v) is 1.68. The quantitative estimate of drug-likeness (QED) is 0.675. The van der Waals surface area contributed by atoms with Gasteiger partial charge in [-0.05, 0) is 39.3 Å². The molecule has 0 amide bonds. The minimum Gasteiger partial charge on any atom is -0.326 e. The van der Waals surface area contributed by atoms with Gasteiger partial charge < -0.3 is 5.73 Å². The average molecular weight is 236 g/mol. The molecule has 2 nitrogen and oxygen atoms in total. The fourth-order valence-electron chi connectivity index (χ4n) is 1.33. The van der Waals surface area contributed by atoms with E-state index < -0.39 is 0 Å². The standard InChI is InChI=1S/C9H9NS.C4H11N/c1-7-6-10(11)9-5-3-2-4-8(7)9;1-4(2,3)5/h2-6,11H,1H3;5H2,1-3H3. The van der Waals surface area contributed by atoms with E-state index in [-0.39, 0.29) is 5.54 Å². The number of benzene rings is 1. The van der Waals surface area contributed by atoms with E-state index in [0.717, 1.165) is 0 Å². The molecule has 0 bridgehead atoms. The van der Waals surface area contributed by atoms with Crippen LogP contribution >= 0.6 is 12.8 Å². The second-order valence-corrected chi connectivity index (χ2v) is 5.47. The van der Waals surface area contributed by atoms with Crippen molar-refractivity contribution >= 4 is 23.7 Å². The Bertz CT molecular complexity index is 424. The van der Waals surface area contributed by atoms with E-state index in [2.05, 4.69) is 31.9 Å². The van der Waals surface area contributed by atoms with E-state index in [1.165, 1.54) is 16.5 Å². The molecule has 0 saturated carbocycles. The van der Waals surface area contributed by atoms with Crippen LogP contribution in [-0.4, -0.2) is 9.51 Å². The second kappa shape index (κ2) is 4.93. The van der Waals surface area contributed by atoms with E-state index in [1.54, 1.807) is 0 Å². The van der Waals surface area contributed by atoms with Crippen LogP contribution < -0.4 is 5.73 Å². The molecule has 88 valence electrons. The highest BCUT2D eigenvalue weighted by molar-refractivity contribution is 7.78. The van der Waals surface area contributed by atoms with Gasteiger partial charge in [0.2, 0.25) is 0 Å². The predicted molar refractivity (Wildman–Crippen MR) is 75.0 cm³/mol. The Morgan fingerprint density at radius 2 is 1.69 bits per heavy atom. The van der Waals surface area contributed by atoms with Crippen LogP contribution in [0.25, 0.3) is 10.9 Å². The number of thiol groups is 1. The molecule has 0 saturated heterocycles. The maximum atomic E-state index is 5.35. The number of nitrogens with zero attached hydrogens (tertiary/aromatic N) is 1. The van der Waals surface area contributed by atoms with Gasteiger partial charge >= 0.3 is 0 Å². The van der Waals surface area contributed by atoms with Gasteiger partial charge in [-0.25, -0.2) is 0 Å². The average Bonchev–Trinajstić information content (AvgIpc) is 2.41. The minimum atomic E-state index is 0. The number of hydrogen-bond donors (Lipinski definition) is 2. The van der Waals surface area contributed by atoms with Gasteiger partial charge in [-0.1, -0.05) is 31.0 Å². The molecule has 2 N–H and O–H groups in total. The summed E-state index contributed by atoms with van der Waals surface area (Å²) in [6.45, 7) is 7.99. The first-order chi connectivity index (χ1) is 7.29. The third kappa shape index (κ3) is 3.91. The van der Waals surface area contributed by atoms with E-state index >= 15 is 0 Å². The van der Waals surface area contributed by atoms with Crippen molar-refractivity contribution in [2.24, 2.45) is 5.73 Å². The number of para-hydroxylation sites is 1. The monoisotopic (exact) mass is 236 g/mol. The lowest BCUT2D eigenvalue weighted by molar-refractivity contribution is 0.580. The van der Waals surface area contributed by atoms with E-state index in [4.69, 9.17) is 5.73 Å². The van der Waals surface area contributed by atoms with Gasteiger partial charge in [-0.15, -0.1) is 0 Å². The van der Waals surface area contributed by atoms with Crippen LogP contribution in [0, 0.1) is 6.92 Å². The van der Waals surface area contributed by atoms with Crippen molar-refractivity contribution < 1.29 is 0 Å². The Kier molecular flexibility index (Phi) is 4.05. The summed E-state index contributed by atoms with van der Waals surface area (Å²) in [5.41, 5.74) is 7.80. The molecule has 0 aliphatic rings. The summed E-state index contributed by atoms with van der Waals surface area (Å²) in [7, 11) is 0. The zero-order valence-corrected chi connectivity index (χ0v) is 11.3. The summed E-state index contributed by atoms with van der Waals surface area (Å²) < 4.78 is 1.85. The highest BCUT2D eigenvalue weighted by atomic mass is 32.1. The number of nitrogens with two attached hydrogens (primary N) is 1. The first-order valence-corrected chi connectivity index (χ1v) is 5.74. The molecule has 0 unspecified atom stereocenters. The molecule has 0 aliphatic heterocycles. The summed E-state index contributed by atoms with van der Waals surface area (Å²) in [6, 6.07) is 8.24. The lowest BCUT2D eigenvalue weighted by Gasteiger charge is -2.06. The lowest BCUT2D eigenvalue weighted by atomic mass is 10.1. The number of fused-ring (bicyclic) bond motifs is 1. The molecule has 2 aromatic rings. The smallest absolute Gasteiger partial charge is 0.0591 e. The van der Waals surface area contributed by atoms with Crippen LogP contribution in [0.2, 0.25) is 0 Å². The summed E-state index contributed by atoms with van der Waals surface area (Å²) in [4.78, 5) is 0. The van der Waals surface area contributed by atoms with Crippen LogP contribution in [0.3, 0.4) is 0 Å². The molecular formula is C13H20N2S. The van der Waals surface area contributed by atoms with Gasteiger partial charge in [0.05, 0.1) is 5.52 Å². The minimum absolute atomic E-state index is 0. The van der Waals surface area contributed by atoms with Crippen molar-refractivity contribution in [3.8, 4) is 0 Å². The third-order valence-electron chi connectivity index (χ3n) is 1.89. The van der Waals surface area contributed by atoms with Crippen molar-refractivity contribution in [2.45, 2.75) is 33.2 Å². The first kappa shape index (κ1) is 13.1. The molecule has 0 fully saturated rings. The van der Waals surface area contributed by atoms with E-state index in [9.17, 15) is 0 Å². The predicted octanol–water partition coefficient (Wildman–Crippen LogP) is 3.39.